The van der Waals surface area contributed by atoms with Crippen molar-refractivity contribution in [3.05, 3.63) is 23.5 Å². The normalized spacial score (nSPS) is 22.9. The highest BCUT2D eigenvalue weighted by atomic mass is 16.5. The number of carbonyl (C=O) groups excluding carboxylic acids is 1. The molecule has 3 rings (SSSR count). The summed E-state index contributed by atoms with van der Waals surface area (Å²) in [5.74, 6) is -0.152. The SMILES string of the molecule is CCOC(=O)CN1CCOC(c2ccc(CN3CCCCC3)n2C)C1. The summed E-state index contributed by atoms with van der Waals surface area (Å²) in [5.41, 5.74) is 2.53. The molecule has 140 valence electrons. The molecule has 0 radical (unpaired) electrons. The molecule has 1 unspecified atom stereocenters. The third-order valence-corrected chi connectivity index (χ3v) is 5.24. The van der Waals surface area contributed by atoms with Crippen LogP contribution in [0.4, 0.5) is 0 Å². The van der Waals surface area contributed by atoms with Crippen LogP contribution in [0.25, 0.3) is 0 Å². The first-order chi connectivity index (χ1) is 12.2. The van der Waals surface area contributed by atoms with E-state index in [0.29, 0.717) is 19.8 Å². The molecule has 2 aliphatic rings. The van der Waals surface area contributed by atoms with E-state index in [9.17, 15) is 4.79 Å². The van der Waals surface area contributed by atoms with Crippen LogP contribution >= 0.6 is 0 Å². The van der Waals surface area contributed by atoms with Gasteiger partial charge >= 0.3 is 5.97 Å². The van der Waals surface area contributed by atoms with Crippen LogP contribution in [0.3, 0.4) is 0 Å². The fourth-order valence-electron chi connectivity index (χ4n) is 3.81. The smallest absolute Gasteiger partial charge is 0.320 e. The Labute approximate surface area is 150 Å². The second kappa shape index (κ2) is 8.83. The standard InChI is InChI=1S/C19H31N3O3/c1-3-24-19(23)15-22-11-12-25-18(14-22)17-8-7-16(20(17)2)13-21-9-5-4-6-10-21/h7-8,18H,3-6,9-15H2,1-2H3. The van der Waals surface area contributed by atoms with Crippen LogP contribution in [-0.4, -0.2) is 66.3 Å². The van der Waals surface area contributed by atoms with Gasteiger partial charge in [-0.15, -0.1) is 0 Å². The van der Waals surface area contributed by atoms with Gasteiger partial charge in [-0.05, 0) is 45.0 Å². The quantitative estimate of drug-likeness (QED) is 0.735. The van der Waals surface area contributed by atoms with Gasteiger partial charge < -0.3 is 14.0 Å². The van der Waals surface area contributed by atoms with Crippen molar-refractivity contribution in [3.8, 4) is 0 Å². The van der Waals surface area contributed by atoms with Crippen molar-refractivity contribution in [2.45, 2.75) is 38.8 Å². The molecular weight excluding hydrogens is 318 g/mol. The van der Waals surface area contributed by atoms with E-state index in [0.717, 1.165) is 19.6 Å². The lowest BCUT2D eigenvalue weighted by molar-refractivity contribution is -0.146. The number of piperidine rings is 1. The predicted octanol–water partition coefficient (Wildman–Crippen LogP) is 1.95. The summed E-state index contributed by atoms with van der Waals surface area (Å²) < 4.78 is 13.3. The van der Waals surface area contributed by atoms with Crippen molar-refractivity contribution < 1.29 is 14.3 Å². The molecule has 2 aliphatic heterocycles. The first-order valence-electron chi connectivity index (χ1n) is 9.53. The number of ether oxygens (including phenoxy) is 2. The summed E-state index contributed by atoms with van der Waals surface area (Å²) in [7, 11) is 2.13. The molecule has 2 fully saturated rings. The zero-order chi connectivity index (χ0) is 17.6. The molecule has 3 heterocycles. The highest BCUT2D eigenvalue weighted by Gasteiger charge is 2.26. The molecule has 0 amide bonds. The van der Waals surface area contributed by atoms with E-state index in [-0.39, 0.29) is 12.1 Å². The fourth-order valence-corrected chi connectivity index (χ4v) is 3.81. The van der Waals surface area contributed by atoms with Crippen molar-refractivity contribution in [3.63, 3.8) is 0 Å². The minimum Gasteiger partial charge on any atom is -0.465 e. The van der Waals surface area contributed by atoms with Gasteiger partial charge in [0.1, 0.15) is 6.10 Å². The first kappa shape index (κ1) is 18.4. The summed E-state index contributed by atoms with van der Waals surface area (Å²) in [6.45, 7) is 8.20. The Morgan fingerprint density at radius 1 is 1.20 bits per heavy atom. The molecule has 0 aliphatic carbocycles. The second-order valence-corrected chi connectivity index (χ2v) is 7.04. The number of rotatable bonds is 6. The maximum atomic E-state index is 11.7. The Kier molecular flexibility index (Phi) is 6.51. The number of morpholine rings is 1. The van der Waals surface area contributed by atoms with Gasteiger partial charge in [0.15, 0.2) is 0 Å². The molecule has 25 heavy (non-hydrogen) atoms. The minimum atomic E-state index is -0.152. The van der Waals surface area contributed by atoms with Gasteiger partial charge in [0.2, 0.25) is 0 Å². The van der Waals surface area contributed by atoms with E-state index in [4.69, 9.17) is 9.47 Å². The van der Waals surface area contributed by atoms with E-state index in [2.05, 4.69) is 33.5 Å². The van der Waals surface area contributed by atoms with Gasteiger partial charge in [-0.1, -0.05) is 6.42 Å². The Hall–Kier alpha value is -1.37. The van der Waals surface area contributed by atoms with Gasteiger partial charge in [-0.25, -0.2) is 0 Å². The maximum absolute atomic E-state index is 11.7. The van der Waals surface area contributed by atoms with E-state index < -0.39 is 0 Å². The van der Waals surface area contributed by atoms with Crippen molar-refractivity contribution in [1.82, 2.24) is 14.4 Å². The number of nitrogens with zero attached hydrogens (tertiary/aromatic N) is 3. The lowest BCUT2D eigenvalue weighted by atomic mass is 10.1. The summed E-state index contributed by atoms with van der Waals surface area (Å²) in [4.78, 5) is 16.4. The van der Waals surface area contributed by atoms with Crippen LogP contribution < -0.4 is 0 Å². The van der Waals surface area contributed by atoms with Gasteiger partial charge in [-0.2, -0.15) is 0 Å². The number of hydrogen-bond donors (Lipinski definition) is 0. The van der Waals surface area contributed by atoms with Gasteiger partial charge in [-0.3, -0.25) is 14.6 Å². The molecule has 6 nitrogen and oxygen atoms in total. The number of aromatic nitrogens is 1. The summed E-state index contributed by atoms with van der Waals surface area (Å²) >= 11 is 0. The lowest BCUT2D eigenvalue weighted by Gasteiger charge is -2.32. The zero-order valence-corrected chi connectivity index (χ0v) is 15.6. The van der Waals surface area contributed by atoms with Crippen LogP contribution in [0.5, 0.6) is 0 Å². The summed E-state index contributed by atoms with van der Waals surface area (Å²) in [6.07, 6.45) is 4.00. The summed E-state index contributed by atoms with van der Waals surface area (Å²) in [5, 5.41) is 0. The van der Waals surface area contributed by atoms with E-state index in [1.807, 2.05) is 6.92 Å². The number of likely N-dealkylation sites (tertiary alicyclic amines) is 1. The average molecular weight is 349 g/mol. The molecule has 6 heteroatoms. The Bertz CT molecular complexity index is 566. The van der Waals surface area contributed by atoms with Crippen molar-refractivity contribution >= 4 is 5.97 Å². The van der Waals surface area contributed by atoms with Crippen molar-refractivity contribution in [1.29, 1.82) is 0 Å². The van der Waals surface area contributed by atoms with Crippen LogP contribution in [0, 0.1) is 0 Å². The molecule has 0 aromatic carbocycles. The topological polar surface area (TPSA) is 46.9 Å². The monoisotopic (exact) mass is 349 g/mol. The highest BCUT2D eigenvalue weighted by Crippen LogP contribution is 2.25. The summed E-state index contributed by atoms with van der Waals surface area (Å²) in [6, 6.07) is 4.40. The molecule has 2 saturated heterocycles. The van der Waals surface area contributed by atoms with E-state index in [1.165, 1.54) is 43.7 Å². The van der Waals surface area contributed by atoms with Gasteiger partial charge in [0.25, 0.3) is 0 Å². The third kappa shape index (κ3) is 4.84. The number of esters is 1. The Balaban J connectivity index is 1.60. The molecule has 0 bridgehead atoms. The van der Waals surface area contributed by atoms with Crippen LogP contribution in [0.2, 0.25) is 0 Å². The molecule has 0 spiro atoms. The molecule has 0 saturated carbocycles. The first-order valence-corrected chi connectivity index (χ1v) is 9.53. The average Bonchev–Trinajstić information content (AvgIpc) is 2.97. The number of hydrogen-bond acceptors (Lipinski definition) is 5. The van der Waals surface area contributed by atoms with Gasteiger partial charge in [0, 0.05) is 38.1 Å². The van der Waals surface area contributed by atoms with Crippen molar-refractivity contribution in [2.24, 2.45) is 7.05 Å². The molecule has 1 atom stereocenters. The molecular formula is C19H31N3O3. The van der Waals surface area contributed by atoms with Gasteiger partial charge in [0.05, 0.1) is 19.8 Å². The highest BCUT2D eigenvalue weighted by molar-refractivity contribution is 5.71. The predicted molar refractivity (Wildman–Crippen MR) is 96.3 cm³/mol. The van der Waals surface area contributed by atoms with Crippen LogP contribution in [0.15, 0.2) is 12.1 Å². The molecule has 1 aromatic rings. The fraction of sp³-hybridized carbons (Fsp3) is 0.737. The molecule has 0 N–H and O–H groups in total. The van der Waals surface area contributed by atoms with Crippen LogP contribution in [-0.2, 0) is 27.9 Å². The lowest BCUT2D eigenvalue weighted by Crippen LogP contribution is -2.42. The zero-order valence-electron chi connectivity index (χ0n) is 15.6. The Morgan fingerprint density at radius 2 is 2.00 bits per heavy atom. The van der Waals surface area contributed by atoms with E-state index in [1.54, 1.807) is 0 Å². The third-order valence-electron chi connectivity index (χ3n) is 5.24. The second-order valence-electron chi connectivity index (χ2n) is 7.04. The van der Waals surface area contributed by atoms with Crippen molar-refractivity contribution in [2.75, 3.05) is 45.9 Å². The largest absolute Gasteiger partial charge is 0.465 e. The van der Waals surface area contributed by atoms with Crippen LogP contribution in [0.1, 0.15) is 43.7 Å². The maximum Gasteiger partial charge on any atom is 0.320 e. The minimum absolute atomic E-state index is 0.0169. The van der Waals surface area contributed by atoms with E-state index >= 15 is 0 Å². The Morgan fingerprint density at radius 3 is 2.76 bits per heavy atom. The number of carbonyl (C=O) groups is 1. The molecule has 1 aromatic heterocycles.